The fraction of sp³-hybridized carbons (Fsp3) is 0.105. The van der Waals surface area contributed by atoms with Crippen LogP contribution in [0.15, 0.2) is 48.5 Å². The number of halogens is 2. The Labute approximate surface area is 149 Å². The Morgan fingerprint density at radius 1 is 0.923 bits per heavy atom. The SMILES string of the molecule is Cc1cc(C)nc(Nc2ccc(C(=O)Nc3ccc(F)cc3F)cc2)n1. The Hall–Kier alpha value is -3.35. The summed E-state index contributed by atoms with van der Waals surface area (Å²) in [7, 11) is 0. The van der Waals surface area contributed by atoms with Crippen molar-refractivity contribution in [1.82, 2.24) is 9.97 Å². The van der Waals surface area contributed by atoms with Gasteiger partial charge in [0.2, 0.25) is 5.95 Å². The Morgan fingerprint density at radius 2 is 1.58 bits per heavy atom. The molecular formula is C19H16F2N4O. The predicted octanol–water partition coefficient (Wildman–Crippen LogP) is 4.37. The summed E-state index contributed by atoms with van der Waals surface area (Å²) >= 11 is 0. The maximum atomic E-state index is 13.6. The van der Waals surface area contributed by atoms with Crippen LogP contribution in [0.2, 0.25) is 0 Å². The molecule has 0 spiro atoms. The maximum absolute atomic E-state index is 13.6. The topological polar surface area (TPSA) is 66.9 Å². The lowest BCUT2D eigenvalue weighted by Crippen LogP contribution is -2.13. The standard InChI is InChI=1S/C19H16F2N4O/c1-11-9-12(2)23-19(22-11)24-15-6-3-13(4-7-15)18(26)25-17-8-5-14(20)10-16(17)21/h3-10H,1-2H3,(H,25,26)(H,22,23,24). The van der Waals surface area contributed by atoms with Crippen LogP contribution in [0.3, 0.4) is 0 Å². The number of carbonyl (C=O) groups is 1. The lowest BCUT2D eigenvalue weighted by Gasteiger charge is -2.09. The van der Waals surface area contributed by atoms with Crippen molar-refractivity contribution in [2.75, 3.05) is 10.6 Å². The van der Waals surface area contributed by atoms with E-state index in [-0.39, 0.29) is 5.69 Å². The van der Waals surface area contributed by atoms with Gasteiger partial charge in [-0.3, -0.25) is 4.79 Å². The minimum atomic E-state index is -0.830. The summed E-state index contributed by atoms with van der Waals surface area (Å²) in [6.45, 7) is 3.75. The van der Waals surface area contributed by atoms with Crippen LogP contribution in [-0.2, 0) is 0 Å². The van der Waals surface area contributed by atoms with Crippen molar-refractivity contribution in [2.24, 2.45) is 0 Å². The van der Waals surface area contributed by atoms with Crippen LogP contribution in [-0.4, -0.2) is 15.9 Å². The van der Waals surface area contributed by atoms with E-state index >= 15 is 0 Å². The first-order valence-corrected chi connectivity index (χ1v) is 7.86. The molecule has 0 atom stereocenters. The van der Waals surface area contributed by atoms with Gasteiger partial charge >= 0.3 is 0 Å². The summed E-state index contributed by atoms with van der Waals surface area (Å²) in [6.07, 6.45) is 0. The van der Waals surface area contributed by atoms with Gasteiger partial charge in [-0.2, -0.15) is 0 Å². The van der Waals surface area contributed by atoms with Gasteiger partial charge in [0.1, 0.15) is 11.6 Å². The summed E-state index contributed by atoms with van der Waals surface area (Å²) in [5, 5.41) is 5.47. The van der Waals surface area contributed by atoms with Crippen LogP contribution in [0, 0.1) is 25.5 Å². The average molecular weight is 354 g/mol. The normalized spacial score (nSPS) is 10.5. The zero-order valence-electron chi connectivity index (χ0n) is 14.2. The third kappa shape index (κ3) is 4.18. The minimum absolute atomic E-state index is 0.0813. The number of aryl methyl sites for hydroxylation is 2. The second-order valence-corrected chi connectivity index (χ2v) is 5.75. The zero-order chi connectivity index (χ0) is 18.7. The Bertz CT molecular complexity index is 938. The van der Waals surface area contributed by atoms with E-state index in [2.05, 4.69) is 20.6 Å². The first-order valence-electron chi connectivity index (χ1n) is 7.86. The van der Waals surface area contributed by atoms with Crippen molar-refractivity contribution >= 4 is 23.2 Å². The molecule has 2 aromatic carbocycles. The van der Waals surface area contributed by atoms with E-state index < -0.39 is 17.5 Å². The molecule has 2 N–H and O–H groups in total. The van der Waals surface area contributed by atoms with Gasteiger partial charge in [-0.15, -0.1) is 0 Å². The highest BCUT2D eigenvalue weighted by atomic mass is 19.1. The Kier molecular flexibility index (Phi) is 4.88. The van der Waals surface area contributed by atoms with Crippen molar-refractivity contribution < 1.29 is 13.6 Å². The number of amides is 1. The third-order valence-electron chi connectivity index (χ3n) is 3.56. The lowest BCUT2D eigenvalue weighted by atomic mass is 10.2. The van der Waals surface area contributed by atoms with Gasteiger partial charge in [-0.05, 0) is 56.3 Å². The highest BCUT2D eigenvalue weighted by Gasteiger charge is 2.10. The van der Waals surface area contributed by atoms with Crippen molar-refractivity contribution in [2.45, 2.75) is 13.8 Å². The van der Waals surface area contributed by atoms with Gasteiger partial charge in [0.05, 0.1) is 5.69 Å². The number of hydrogen-bond acceptors (Lipinski definition) is 4. The van der Waals surface area contributed by atoms with Crippen molar-refractivity contribution in [3.63, 3.8) is 0 Å². The average Bonchev–Trinajstić information content (AvgIpc) is 2.57. The van der Waals surface area contributed by atoms with Gasteiger partial charge in [-0.25, -0.2) is 18.7 Å². The van der Waals surface area contributed by atoms with E-state index in [1.165, 1.54) is 6.07 Å². The van der Waals surface area contributed by atoms with Gasteiger partial charge in [0.15, 0.2) is 0 Å². The minimum Gasteiger partial charge on any atom is -0.324 e. The van der Waals surface area contributed by atoms with E-state index in [9.17, 15) is 13.6 Å². The molecular weight excluding hydrogens is 338 g/mol. The van der Waals surface area contributed by atoms with E-state index in [0.717, 1.165) is 17.5 Å². The molecule has 1 heterocycles. The Morgan fingerprint density at radius 3 is 2.19 bits per heavy atom. The van der Waals surface area contributed by atoms with E-state index in [4.69, 9.17) is 0 Å². The number of rotatable bonds is 4. The second-order valence-electron chi connectivity index (χ2n) is 5.75. The van der Waals surface area contributed by atoms with Gasteiger partial charge in [-0.1, -0.05) is 0 Å². The van der Waals surface area contributed by atoms with Crippen molar-refractivity contribution in [3.05, 3.63) is 77.1 Å². The number of nitrogens with one attached hydrogen (secondary N) is 2. The molecule has 0 saturated heterocycles. The smallest absolute Gasteiger partial charge is 0.255 e. The lowest BCUT2D eigenvalue weighted by molar-refractivity contribution is 0.102. The molecule has 0 radical (unpaired) electrons. The molecule has 1 aromatic heterocycles. The first kappa shape index (κ1) is 17.5. The maximum Gasteiger partial charge on any atom is 0.255 e. The molecule has 1 amide bonds. The van der Waals surface area contributed by atoms with Gasteiger partial charge in [0.25, 0.3) is 5.91 Å². The second kappa shape index (κ2) is 7.26. The van der Waals surface area contributed by atoms with E-state index in [1.54, 1.807) is 24.3 Å². The molecule has 0 aliphatic rings. The molecule has 26 heavy (non-hydrogen) atoms. The molecule has 132 valence electrons. The number of nitrogens with zero attached hydrogens (tertiary/aromatic N) is 2. The third-order valence-corrected chi connectivity index (χ3v) is 3.56. The van der Waals surface area contributed by atoms with Crippen LogP contribution < -0.4 is 10.6 Å². The molecule has 0 aliphatic heterocycles. The fourth-order valence-electron chi connectivity index (χ4n) is 2.40. The number of hydrogen-bond donors (Lipinski definition) is 2. The predicted molar refractivity (Wildman–Crippen MR) is 95.5 cm³/mol. The van der Waals surface area contributed by atoms with Gasteiger partial charge in [0, 0.05) is 28.7 Å². The zero-order valence-corrected chi connectivity index (χ0v) is 14.2. The van der Waals surface area contributed by atoms with Crippen LogP contribution >= 0.6 is 0 Å². The van der Waals surface area contributed by atoms with Crippen LogP contribution in [0.25, 0.3) is 0 Å². The molecule has 0 saturated carbocycles. The number of anilines is 3. The van der Waals surface area contributed by atoms with E-state index in [1.807, 2.05) is 19.9 Å². The highest BCUT2D eigenvalue weighted by molar-refractivity contribution is 6.04. The molecule has 0 unspecified atom stereocenters. The number of aromatic nitrogens is 2. The first-order chi connectivity index (χ1) is 12.4. The molecule has 5 nitrogen and oxygen atoms in total. The quantitative estimate of drug-likeness (QED) is 0.730. The van der Waals surface area contributed by atoms with Crippen molar-refractivity contribution in [3.8, 4) is 0 Å². The van der Waals surface area contributed by atoms with Gasteiger partial charge < -0.3 is 10.6 Å². The molecule has 3 rings (SSSR count). The van der Waals surface area contributed by atoms with Crippen LogP contribution in [0.4, 0.5) is 26.1 Å². The Balaban J connectivity index is 1.71. The largest absolute Gasteiger partial charge is 0.324 e. The fourth-order valence-corrected chi connectivity index (χ4v) is 2.40. The monoisotopic (exact) mass is 354 g/mol. The van der Waals surface area contributed by atoms with Crippen LogP contribution in [0.1, 0.15) is 21.7 Å². The number of benzene rings is 2. The number of carbonyl (C=O) groups excluding carboxylic acids is 1. The summed E-state index contributed by atoms with van der Waals surface area (Å²) in [6, 6.07) is 11.4. The van der Waals surface area contributed by atoms with Crippen molar-refractivity contribution in [1.29, 1.82) is 0 Å². The highest BCUT2D eigenvalue weighted by Crippen LogP contribution is 2.18. The summed E-state index contributed by atoms with van der Waals surface area (Å²) in [4.78, 5) is 20.8. The van der Waals surface area contributed by atoms with E-state index in [0.29, 0.717) is 23.3 Å². The molecule has 0 fully saturated rings. The molecule has 7 heteroatoms. The molecule has 0 bridgehead atoms. The summed E-state index contributed by atoms with van der Waals surface area (Å²) < 4.78 is 26.5. The summed E-state index contributed by atoms with van der Waals surface area (Å²) in [5.74, 6) is -1.56. The summed E-state index contributed by atoms with van der Waals surface area (Å²) in [5.41, 5.74) is 2.65. The molecule has 0 aliphatic carbocycles. The molecule has 3 aromatic rings. The van der Waals surface area contributed by atoms with Crippen LogP contribution in [0.5, 0.6) is 0 Å².